The molecule has 1 heterocycles. The van der Waals surface area contributed by atoms with Gasteiger partial charge in [0.1, 0.15) is 11.4 Å². The number of aliphatic hydroxyl groups excluding tert-OH is 1. The number of nitrogens with zero attached hydrogens (tertiary/aromatic N) is 3. The fourth-order valence-corrected chi connectivity index (χ4v) is 4.14. The molecule has 1 saturated carbocycles. The Balaban J connectivity index is 1.60. The lowest BCUT2D eigenvalue weighted by molar-refractivity contribution is 0.00541. The van der Waals surface area contributed by atoms with Crippen molar-refractivity contribution in [3.8, 4) is 22.9 Å². The van der Waals surface area contributed by atoms with E-state index in [2.05, 4.69) is 30.9 Å². The maximum absolute atomic E-state index is 10.7. The molecule has 0 spiro atoms. The summed E-state index contributed by atoms with van der Waals surface area (Å²) in [4.78, 5) is 2.33. The minimum absolute atomic E-state index is 0.341. The quantitative estimate of drug-likeness (QED) is 0.367. The van der Waals surface area contributed by atoms with E-state index in [1.165, 1.54) is 0 Å². The van der Waals surface area contributed by atoms with Gasteiger partial charge >= 0.3 is 0 Å². The molecule has 0 amide bonds. The molecular weight excluding hydrogens is 450 g/mol. The molecule has 1 aliphatic carbocycles. The van der Waals surface area contributed by atoms with Crippen molar-refractivity contribution in [2.75, 3.05) is 19.8 Å². The number of ether oxygens (including phenoxy) is 2. The van der Waals surface area contributed by atoms with Crippen LogP contribution in [0, 0.1) is 5.92 Å². The minimum Gasteiger partial charge on any atom is -0.439 e. The molecule has 0 saturated heterocycles. The van der Waals surface area contributed by atoms with Crippen LogP contribution in [0.2, 0.25) is 5.02 Å². The third kappa shape index (κ3) is 6.60. The normalized spacial score (nSPS) is 14.7. The van der Waals surface area contributed by atoms with Crippen LogP contribution in [0.4, 0.5) is 0 Å². The van der Waals surface area contributed by atoms with Crippen LogP contribution in [-0.4, -0.2) is 51.7 Å². The summed E-state index contributed by atoms with van der Waals surface area (Å²) in [6, 6.07) is 18.0. The molecule has 2 aromatic carbocycles. The van der Waals surface area contributed by atoms with Gasteiger partial charge in [-0.05, 0) is 43.0 Å². The van der Waals surface area contributed by atoms with Gasteiger partial charge in [0.2, 0.25) is 5.88 Å². The van der Waals surface area contributed by atoms with E-state index < -0.39 is 6.10 Å². The highest BCUT2D eigenvalue weighted by atomic mass is 35.5. The zero-order valence-corrected chi connectivity index (χ0v) is 20.9. The molecule has 7 heteroatoms. The van der Waals surface area contributed by atoms with E-state index in [0.717, 1.165) is 29.7 Å². The van der Waals surface area contributed by atoms with E-state index in [4.69, 9.17) is 26.2 Å². The number of hydrogen-bond acceptors (Lipinski definition) is 5. The summed E-state index contributed by atoms with van der Waals surface area (Å²) < 4.78 is 13.8. The molecule has 1 unspecified atom stereocenters. The van der Waals surface area contributed by atoms with Crippen LogP contribution in [-0.2, 0) is 18.3 Å². The van der Waals surface area contributed by atoms with Crippen LogP contribution >= 0.6 is 11.6 Å². The molecule has 1 fully saturated rings. The average molecular weight is 484 g/mol. The topological polar surface area (TPSA) is 59.8 Å². The van der Waals surface area contributed by atoms with E-state index in [1.54, 1.807) is 4.68 Å². The lowest BCUT2D eigenvalue weighted by atomic mass is 10.1. The fourth-order valence-electron chi connectivity index (χ4n) is 4.01. The van der Waals surface area contributed by atoms with Gasteiger partial charge in [-0.3, -0.25) is 4.90 Å². The Morgan fingerprint density at radius 1 is 1.09 bits per heavy atom. The van der Waals surface area contributed by atoms with Crippen molar-refractivity contribution in [2.45, 2.75) is 45.4 Å². The minimum atomic E-state index is -0.545. The summed E-state index contributed by atoms with van der Waals surface area (Å²) in [6.45, 7) is 6.39. The monoisotopic (exact) mass is 483 g/mol. The molecule has 1 N–H and O–H groups in total. The van der Waals surface area contributed by atoms with Gasteiger partial charge < -0.3 is 14.6 Å². The Bertz CT molecular complexity index is 1050. The van der Waals surface area contributed by atoms with Gasteiger partial charge in [0.05, 0.1) is 18.3 Å². The predicted molar refractivity (Wildman–Crippen MR) is 135 cm³/mol. The van der Waals surface area contributed by atoms with E-state index in [9.17, 15) is 5.11 Å². The molecule has 0 radical (unpaired) electrons. The molecule has 1 aromatic heterocycles. The van der Waals surface area contributed by atoms with Crippen molar-refractivity contribution in [3.05, 3.63) is 65.2 Å². The number of rotatable bonds is 12. The number of aromatic nitrogens is 2. The average Bonchev–Trinajstić information content (AvgIpc) is 3.62. The number of hydrogen-bond donors (Lipinski definition) is 1. The Hall–Kier alpha value is -2.38. The van der Waals surface area contributed by atoms with Crippen molar-refractivity contribution >= 4 is 11.6 Å². The fraction of sp³-hybridized carbons (Fsp3) is 0.444. The highest BCUT2D eigenvalue weighted by molar-refractivity contribution is 6.30. The van der Waals surface area contributed by atoms with E-state index >= 15 is 0 Å². The van der Waals surface area contributed by atoms with Crippen LogP contribution in [0.15, 0.2) is 54.6 Å². The summed E-state index contributed by atoms with van der Waals surface area (Å²) in [5.41, 5.74) is 2.93. The smallest absolute Gasteiger partial charge is 0.222 e. The van der Waals surface area contributed by atoms with E-state index in [1.807, 2.05) is 49.5 Å². The zero-order chi connectivity index (χ0) is 24.1. The lowest BCUT2D eigenvalue weighted by Crippen LogP contribution is -2.36. The molecule has 1 atom stereocenters. The Kier molecular flexibility index (Phi) is 8.27. The number of aryl methyl sites for hydroxylation is 1. The molecule has 34 heavy (non-hydrogen) atoms. The summed E-state index contributed by atoms with van der Waals surface area (Å²) >= 11 is 6.06. The van der Waals surface area contributed by atoms with Crippen LogP contribution in [0.25, 0.3) is 11.3 Å². The van der Waals surface area contributed by atoms with Crippen molar-refractivity contribution in [3.63, 3.8) is 0 Å². The van der Waals surface area contributed by atoms with Gasteiger partial charge in [0.15, 0.2) is 0 Å². The van der Waals surface area contributed by atoms with Crippen LogP contribution in [0.5, 0.6) is 11.6 Å². The summed E-state index contributed by atoms with van der Waals surface area (Å²) in [5.74, 6) is 1.84. The Morgan fingerprint density at radius 2 is 1.79 bits per heavy atom. The van der Waals surface area contributed by atoms with Crippen molar-refractivity contribution < 1.29 is 14.6 Å². The largest absolute Gasteiger partial charge is 0.439 e. The van der Waals surface area contributed by atoms with Gasteiger partial charge in [0, 0.05) is 43.4 Å². The third-order valence-electron chi connectivity index (χ3n) is 5.79. The third-order valence-corrected chi connectivity index (χ3v) is 6.05. The molecule has 3 aromatic rings. The number of aliphatic hydroxyl groups is 1. The second-order valence-corrected chi connectivity index (χ2v) is 9.86. The Labute approximate surface area is 207 Å². The first-order valence-electron chi connectivity index (χ1n) is 11.9. The zero-order valence-electron chi connectivity index (χ0n) is 20.2. The van der Waals surface area contributed by atoms with Gasteiger partial charge in [-0.15, -0.1) is 0 Å². The highest BCUT2D eigenvalue weighted by Crippen LogP contribution is 2.37. The first kappa shape index (κ1) is 24.7. The summed E-state index contributed by atoms with van der Waals surface area (Å²) in [7, 11) is 1.90. The highest BCUT2D eigenvalue weighted by Gasteiger charge is 2.33. The van der Waals surface area contributed by atoms with Crippen LogP contribution < -0.4 is 4.74 Å². The Morgan fingerprint density at radius 3 is 2.44 bits per heavy atom. The van der Waals surface area contributed by atoms with E-state index in [-0.39, 0.29) is 0 Å². The molecule has 0 bridgehead atoms. The van der Waals surface area contributed by atoms with E-state index in [0.29, 0.717) is 54.9 Å². The maximum Gasteiger partial charge on any atom is 0.222 e. The number of halogens is 1. The van der Waals surface area contributed by atoms with Crippen LogP contribution in [0.3, 0.4) is 0 Å². The summed E-state index contributed by atoms with van der Waals surface area (Å²) in [5, 5.41) is 16.2. The molecule has 182 valence electrons. The molecule has 1 aliphatic rings. The standard InChI is InChI=1S/C27H34ClN3O3/c1-19(2)17-33-18-23(32)15-31(22-11-12-22)16-25-26(20-7-5-4-6-8-20)29-30(3)27(25)34-24-13-9-21(28)10-14-24/h4-10,13-14,19,22-23,32H,11-12,15-18H2,1-3H3. The van der Waals surface area contributed by atoms with Crippen molar-refractivity contribution in [1.82, 2.24) is 14.7 Å². The van der Waals surface area contributed by atoms with Gasteiger partial charge in [0.25, 0.3) is 0 Å². The molecule has 0 aliphatic heterocycles. The number of benzene rings is 2. The van der Waals surface area contributed by atoms with Crippen LogP contribution in [0.1, 0.15) is 32.3 Å². The lowest BCUT2D eigenvalue weighted by Gasteiger charge is -2.25. The van der Waals surface area contributed by atoms with Gasteiger partial charge in [-0.1, -0.05) is 55.8 Å². The second kappa shape index (κ2) is 11.4. The molecule has 6 nitrogen and oxygen atoms in total. The summed E-state index contributed by atoms with van der Waals surface area (Å²) in [6.07, 6.45) is 1.72. The van der Waals surface area contributed by atoms with Gasteiger partial charge in [-0.2, -0.15) is 5.10 Å². The first-order chi connectivity index (χ1) is 16.4. The predicted octanol–water partition coefficient (Wildman–Crippen LogP) is 5.53. The van der Waals surface area contributed by atoms with Crippen molar-refractivity contribution in [1.29, 1.82) is 0 Å². The second-order valence-electron chi connectivity index (χ2n) is 9.42. The first-order valence-corrected chi connectivity index (χ1v) is 12.3. The van der Waals surface area contributed by atoms with Crippen molar-refractivity contribution in [2.24, 2.45) is 13.0 Å². The maximum atomic E-state index is 10.7. The van der Waals surface area contributed by atoms with Gasteiger partial charge in [-0.25, -0.2) is 4.68 Å². The molecular formula is C27H34ClN3O3. The SMILES string of the molecule is CC(C)COCC(O)CN(Cc1c(-c2ccccc2)nn(C)c1Oc1ccc(Cl)cc1)C1CC1. The molecule has 4 rings (SSSR count).